The molecule has 0 bridgehead atoms. The standard InChI is InChI=1S/C19H22N2O3/c1-13(2)12-24-18-10-6-16(7-11-18)19(23)21-20-14(3)15-4-8-17(22)9-5-15/h4-11,13,22H,12H2,1-3H3,(H,21,23). The number of nitrogens with one attached hydrogen (secondary N) is 1. The Morgan fingerprint density at radius 3 is 2.25 bits per heavy atom. The second kappa shape index (κ2) is 8.15. The summed E-state index contributed by atoms with van der Waals surface area (Å²) in [6.07, 6.45) is 0. The molecule has 0 aliphatic heterocycles. The van der Waals surface area contributed by atoms with Crippen molar-refractivity contribution in [1.29, 1.82) is 0 Å². The van der Waals surface area contributed by atoms with Gasteiger partial charge in [-0.3, -0.25) is 4.79 Å². The Balaban J connectivity index is 1.96. The fraction of sp³-hybridized carbons (Fsp3) is 0.263. The molecule has 5 nitrogen and oxygen atoms in total. The molecule has 5 heteroatoms. The summed E-state index contributed by atoms with van der Waals surface area (Å²) in [5.74, 6) is 1.09. The van der Waals surface area contributed by atoms with Crippen molar-refractivity contribution in [2.75, 3.05) is 6.61 Å². The van der Waals surface area contributed by atoms with Gasteiger partial charge in [-0.1, -0.05) is 13.8 Å². The van der Waals surface area contributed by atoms with Gasteiger partial charge in [-0.05, 0) is 66.9 Å². The minimum atomic E-state index is -0.288. The van der Waals surface area contributed by atoms with E-state index in [9.17, 15) is 9.90 Å². The van der Waals surface area contributed by atoms with Crippen LogP contribution < -0.4 is 10.2 Å². The molecule has 0 unspecified atom stereocenters. The third-order valence-electron chi connectivity index (χ3n) is 3.31. The van der Waals surface area contributed by atoms with Gasteiger partial charge in [0, 0.05) is 5.56 Å². The van der Waals surface area contributed by atoms with Crippen LogP contribution in [-0.4, -0.2) is 23.3 Å². The molecular weight excluding hydrogens is 304 g/mol. The van der Waals surface area contributed by atoms with E-state index in [-0.39, 0.29) is 11.7 Å². The van der Waals surface area contributed by atoms with Crippen molar-refractivity contribution in [2.45, 2.75) is 20.8 Å². The molecule has 1 amide bonds. The van der Waals surface area contributed by atoms with Crippen LogP contribution in [-0.2, 0) is 0 Å². The quantitative estimate of drug-likeness (QED) is 0.629. The Kier molecular flexibility index (Phi) is 5.95. The molecule has 0 aliphatic carbocycles. The van der Waals surface area contributed by atoms with Crippen LogP contribution in [0, 0.1) is 5.92 Å². The molecule has 24 heavy (non-hydrogen) atoms. The molecular formula is C19H22N2O3. The summed E-state index contributed by atoms with van der Waals surface area (Å²) in [6, 6.07) is 13.6. The first-order chi connectivity index (χ1) is 11.5. The van der Waals surface area contributed by atoms with Crippen molar-refractivity contribution in [1.82, 2.24) is 5.43 Å². The number of hydrazone groups is 1. The molecule has 0 aliphatic rings. The maximum Gasteiger partial charge on any atom is 0.271 e. The maximum absolute atomic E-state index is 12.1. The molecule has 2 aromatic rings. The summed E-state index contributed by atoms with van der Waals surface area (Å²) in [5, 5.41) is 13.4. The van der Waals surface area contributed by atoms with E-state index < -0.39 is 0 Å². The van der Waals surface area contributed by atoms with E-state index in [1.165, 1.54) is 0 Å². The number of ether oxygens (including phenoxy) is 1. The lowest BCUT2D eigenvalue weighted by atomic mass is 10.1. The number of amides is 1. The summed E-state index contributed by atoms with van der Waals surface area (Å²) >= 11 is 0. The zero-order valence-electron chi connectivity index (χ0n) is 14.1. The van der Waals surface area contributed by atoms with Crippen LogP contribution in [0.15, 0.2) is 53.6 Å². The van der Waals surface area contributed by atoms with Crippen LogP contribution in [0.5, 0.6) is 11.5 Å². The highest BCUT2D eigenvalue weighted by molar-refractivity contribution is 6.00. The van der Waals surface area contributed by atoms with Gasteiger partial charge in [-0.15, -0.1) is 0 Å². The summed E-state index contributed by atoms with van der Waals surface area (Å²) in [7, 11) is 0. The van der Waals surface area contributed by atoms with Gasteiger partial charge in [-0.2, -0.15) is 5.10 Å². The van der Waals surface area contributed by atoms with Crippen LogP contribution in [0.4, 0.5) is 0 Å². The van der Waals surface area contributed by atoms with Crippen molar-refractivity contribution in [3.63, 3.8) is 0 Å². The zero-order chi connectivity index (χ0) is 17.5. The maximum atomic E-state index is 12.1. The Morgan fingerprint density at radius 1 is 1.08 bits per heavy atom. The predicted molar refractivity (Wildman–Crippen MR) is 94.6 cm³/mol. The first-order valence-corrected chi connectivity index (χ1v) is 7.82. The molecule has 2 N–H and O–H groups in total. The van der Waals surface area contributed by atoms with Crippen LogP contribution in [0.2, 0.25) is 0 Å². The van der Waals surface area contributed by atoms with E-state index >= 15 is 0 Å². The molecule has 0 saturated heterocycles. The van der Waals surface area contributed by atoms with Gasteiger partial charge in [0.25, 0.3) is 5.91 Å². The van der Waals surface area contributed by atoms with E-state index in [0.717, 1.165) is 11.3 Å². The highest BCUT2D eigenvalue weighted by Gasteiger charge is 2.06. The number of phenolic OH excluding ortho intramolecular Hbond substituents is 1. The second-order valence-electron chi connectivity index (χ2n) is 5.91. The van der Waals surface area contributed by atoms with E-state index in [1.807, 2.05) is 0 Å². The van der Waals surface area contributed by atoms with Crippen molar-refractivity contribution in [3.8, 4) is 11.5 Å². The largest absolute Gasteiger partial charge is 0.508 e. The smallest absolute Gasteiger partial charge is 0.271 e. The molecule has 0 radical (unpaired) electrons. The first kappa shape index (κ1) is 17.5. The van der Waals surface area contributed by atoms with Crippen molar-refractivity contribution < 1.29 is 14.6 Å². The fourth-order valence-corrected chi connectivity index (χ4v) is 1.93. The number of hydrogen-bond acceptors (Lipinski definition) is 4. The molecule has 0 spiro atoms. The molecule has 0 atom stereocenters. The van der Waals surface area contributed by atoms with E-state index in [4.69, 9.17) is 4.74 Å². The number of phenols is 1. The lowest BCUT2D eigenvalue weighted by Crippen LogP contribution is -2.19. The SMILES string of the molecule is CC(=NNC(=O)c1ccc(OCC(C)C)cc1)c1ccc(O)cc1. The van der Waals surface area contributed by atoms with Crippen molar-refractivity contribution in [2.24, 2.45) is 11.0 Å². The molecule has 126 valence electrons. The average Bonchev–Trinajstić information content (AvgIpc) is 2.58. The van der Waals surface area contributed by atoms with Crippen molar-refractivity contribution in [3.05, 3.63) is 59.7 Å². The highest BCUT2D eigenvalue weighted by atomic mass is 16.5. The number of benzene rings is 2. The zero-order valence-corrected chi connectivity index (χ0v) is 14.1. The Morgan fingerprint density at radius 2 is 1.67 bits per heavy atom. The van der Waals surface area contributed by atoms with Crippen molar-refractivity contribution >= 4 is 11.6 Å². The highest BCUT2D eigenvalue weighted by Crippen LogP contribution is 2.13. The molecule has 2 aromatic carbocycles. The summed E-state index contributed by atoms with van der Waals surface area (Å²) in [4.78, 5) is 12.1. The summed E-state index contributed by atoms with van der Waals surface area (Å²) in [5.41, 5.74) is 4.51. The van der Waals surface area contributed by atoms with E-state index in [1.54, 1.807) is 55.5 Å². The predicted octanol–water partition coefficient (Wildman–Crippen LogP) is 3.58. The third-order valence-corrected chi connectivity index (χ3v) is 3.31. The Hall–Kier alpha value is -2.82. The number of carbonyl (C=O) groups excluding carboxylic acids is 1. The topological polar surface area (TPSA) is 70.9 Å². The summed E-state index contributed by atoms with van der Waals surface area (Å²) < 4.78 is 5.59. The number of carbonyl (C=O) groups is 1. The minimum Gasteiger partial charge on any atom is -0.508 e. The normalized spacial score (nSPS) is 11.4. The van der Waals surface area contributed by atoms with Crippen LogP contribution >= 0.6 is 0 Å². The lowest BCUT2D eigenvalue weighted by Gasteiger charge is -2.09. The monoisotopic (exact) mass is 326 g/mol. The van der Waals surface area contributed by atoms with E-state index in [0.29, 0.717) is 23.8 Å². The molecule has 0 heterocycles. The first-order valence-electron chi connectivity index (χ1n) is 7.82. The van der Waals surface area contributed by atoms with Gasteiger partial charge in [0.2, 0.25) is 0 Å². The van der Waals surface area contributed by atoms with Gasteiger partial charge < -0.3 is 9.84 Å². The van der Waals surface area contributed by atoms with Crippen LogP contribution in [0.3, 0.4) is 0 Å². The molecule has 0 saturated carbocycles. The number of nitrogens with zero attached hydrogens (tertiary/aromatic N) is 1. The summed E-state index contributed by atoms with van der Waals surface area (Å²) in [6.45, 7) is 6.59. The number of rotatable bonds is 6. The Labute approximate surface area is 142 Å². The number of hydrogen-bond donors (Lipinski definition) is 2. The average molecular weight is 326 g/mol. The van der Waals surface area contributed by atoms with Crippen LogP contribution in [0.1, 0.15) is 36.7 Å². The van der Waals surface area contributed by atoms with Gasteiger partial charge in [0.05, 0.1) is 12.3 Å². The van der Waals surface area contributed by atoms with Gasteiger partial charge in [0.1, 0.15) is 11.5 Å². The minimum absolute atomic E-state index is 0.190. The van der Waals surface area contributed by atoms with E-state index in [2.05, 4.69) is 24.4 Å². The Bertz CT molecular complexity index is 704. The molecule has 0 fully saturated rings. The fourth-order valence-electron chi connectivity index (χ4n) is 1.93. The van der Waals surface area contributed by atoms with Gasteiger partial charge in [-0.25, -0.2) is 5.43 Å². The van der Waals surface area contributed by atoms with Gasteiger partial charge >= 0.3 is 0 Å². The second-order valence-corrected chi connectivity index (χ2v) is 5.91. The van der Waals surface area contributed by atoms with Crippen LogP contribution in [0.25, 0.3) is 0 Å². The number of aromatic hydroxyl groups is 1. The lowest BCUT2D eigenvalue weighted by molar-refractivity contribution is 0.0955. The molecule has 2 rings (SSSR count). The third kappa shape index (κ3) is 5.12. The molecule has 0 aromatic heterocycles. The van der Waals surface area contributed by atoms with Gasteiger partial charge in [0.15, 0.2) is 0 Å².